The van der Waals surface area contributed by atoms with Gasteiger partial charge < -0.3 is 19.9 Å². The molecule has 1 amide bonds. The molecule has 0 unspecified atom stereocenters. The number of carboxylic acids is 1. The van der Waals surface area contributed by atoms with Crippen molar-refractivity contribution < 1.29 is 29.0 Å². The molecule has 0 saturated carbocycles. The van der Waals surface area contributed by atoms with Crippen LogP contribution in [0.1, 0.15) is 33.0 Å². The van der Waals surface area contributed by atoms with Crippen molar-refractivity contribution in [1.82, 2.24) is 5.32 Å². The van der Waals surface area contributed by atoms with Crippen molar-refractivity contribution in [2.24, 2.45) is 0 Å². The van der Waals surface area contributed by atoms with Crippen LogP contribution in [0.25, 0.3) is 11.1 Å². The monoisotopic (exact) mass is 445 g/mol. The largest absolute Gasteiger partial charge is 0.480 e. The van der Waals surface area contributed by atoms with Crippen molar-refractivity contribution in [3.05, 3.63) is 95.1 Å². The van der Waals surface area contributed by atoms with E-state index in [1.807, 2.05) is 48.5 Å². The van der Waals surface area contributed by atoms with Crippen LogP contribution in [0.15, 0.2) is 72.8 Å². The zero-order valence-corrected chi connectivity index (χ0v) is 18.0. The van der Waals surface area contributed by atoms with E-state index in [2.05, 4.69) is 5.32 Å². The molecule has 1 atom stereocenters. The summed E-state index contributed by atoms with van der Waals surface area (Å²) >= 11 is 0. The molecule has 1 aliphatic carbocycles. The molecule has 0 saturated heterocycles. The summed E-state index contributed by atoms with van der Waals surface area (Å²) < 4.78 is 10.1. The summed E-state index contributed by atoms with van der Waals surface area (Å²) in [5.74, 6) is -1.84. The van der Waals surface area contributed by atoms with Gasteiger partial charge in [0.25, 0.3) is 0 Å². The maximum Gasteiger partial charge on any atom is 0.407 e. The number of amides is 1. The standard InChI is InChI=1S/C26H23NO6/c1-32-25(30)17-8-6-7-16(13-17)14-23(24(28)29)27-26(31)33-15-22-20-11-4-2-9-18(20)19-10-3-5-12-21(19)22/h2-13,22-23H,14-15H2,1H3,(H,27,31)(H,28,29)/t23-/m0/s1. The second kappa shape index (κ2) is 9.56. The Morgan fingerprint density at radius 3 is 2.18 bits per heavy atom. The van der Waals surface area contributed by atoms with Crippen LogP contribution in [0.3, 0.4) is 0 Å². The summed E-state index contributed by atoms with van der Waals surface area (Å²) in [5.41, 5.74) is 5.23. The highest BCUT2D eigenvalue weighted by atomic mass is 16.5. The zero-order valence-electron chi connectivity index (χ0n) is 18.0. The highest BCUT2D eigenvalue weighted by Gasteiger charge is 2.29. The molecule has 33 heavy (non-hydrogen) atoms. The smallest absolute Gasteiger partial charge is 0.407 e. The average molecular weight is 445 g/mol. The van der Waals surface area contributed by atoms with Crippen molar-refractivity contribution in [3.8, 4) is 11.1 Å². The van der Waals surface area contributed by atoms with E-state index in [1.165, 1.54) is 7.11 Å². The highest BCUT2D eigenvalue weighted by Crippen LogP contribution is 2.44. The molecule has 0 fully saturated rings. The van der Waals surface area contributed by atoms with E-state index in [4.69, 9.17) is 9.47 Å². The quantitative estimate of drug-likeness (QED) is 0.533. The molecule has 2 N–H and O–H groups in total. The number of benzene rings is 3. The second-order valence-corrected chi connectivity index (χ2v) is 7.76. The van der Waals surface area contributed by atoms with E-state index in [0.29, 0.717) is 11.1 Å². The normalized spacial score (nSPS) is 12.9. The predicted molar refractivity (Wildman–Crippen MR) is 121 cm³/mol. The van der Waals surface area contributed by atoms with Gasteiger partial charge in [-0.25, -0.2) is 14.4 Å². The Morgan fingerprint density at radius 2 is 1.58 bits per heavy atom. The van der Waals surface area contributed by atoms with Crippen molar-refractivity contribution in [2.75, 3.05) is 13.7 Å². The number of fused-ring (bicyclic) bond motifs is 3. The van der Waals surface area contributed by atoms with Gasteiger partial charge in [-0.3, -0.25) is 0 Å². The number of ether oxygens (including phenoxy) is 2. The topological polar surface area (TPSA) is 102 Å². The number of esters is 1. The lowest BCUT2D eigenvalue weighted by atomic mass is 9.98. The van der Waals surface area contributed by atoms with Crippen LogP contribution in [-0.4, -0.2) is 42.9 Å². The molecular formula is C26H23NO6. The number of alkyl carbamates (subject to hydrolysis) is 1. The number of hydrogen-bond acceptors (Lipinski definition) is 5. The lowest BCUT2D eigenvalue weighted by molar-refractivity contribution is -0.139. The summed E-state index contributed by atoms with van der Waals surface area (Å²) in [5, 5.41) is 12.0. The molecule has 0 aromatic heterocycles. The van der Waals surface area contributed by atoms with E-state index in [1.54, 1.807) is 24.3 Å². The Morgan fingerprint density at radius 1 is 0.939 bits per heavy atom. The van der Waals surface area contributed by atoms with Gasteiger partial charge in [0, 0.05) is 12.3 Å². The van der Waals surface area contributed by atoms with E-state index in [9.17, 15) is 19.5 Å². The summed E-state index contributed by atoms with van der Waals surface area (Å²) in [6.07, 6.45) is -0.821. The van der Waals surface area contributed by atoms with Crippen LogP contribution in [0, 0.1) is 0 Å². The third-order valence-electron chi connectivity index (χ3n) is 5.72. The Labute approximate surface area is 191 Å². The van der Waals surface area contributed by atoms with Gasteiger partial charge in [-0.2, -0.15) is 0 Å². The number of carbonyl (C=O) groups excluding carboxylic acids is 2. The van der Waals surface area contributed by atoms with Crippen LogP contribution < -0.4 is 5.32 Å². The Hall–Kier alpha value is -4.13. The number of nitrogens with one attached hydrogen (secondary N) is 1. The van der Waals surface area contributed by atoms with E-state index in [-0.39, 0.29) is 18.9 Å². The average Bonchev–Trinajstić information content (AvgIpc) is 3.15. The third-order valence-corrected chi connectivity index (χ3v) is 5.72. The lowest BCUT2D eigenvalue weighted by Gasteiger charge is -2.17. The SMILES string of the molecule is COC(=O)c1cccc(C[C@H](NC(=O)OCC2c3ccccc3-c3ccccc32)C(=O)O)c1. The molecule has 3 aromatic rings. The summed E-state index contributed by atoms with van der Waals surface area (Å²) in [6, 6.07) is 21.1. The van der Waals surface area contributed by atoms with Crippen molar-refractivity contribution in [3.63, 3.8) is 0 Å². The summed E-state index contributed by atoms with van der Waals surface area (Å²) in [4.78, 5) is 35.9. The molecule has 1 aliphatic rings. The Kier molecular flexibility index (Phi) is 6.40. The van der Waals surface area contributed by atoms with E-state index >= 15 is 0 Å². The van der Waals surface area contributed by atoms with Crippen LogP contribution in [0.4, 0.5) is 4.79 Å². The second-order valence-electron chi connectivity index (χ2n) is 7.76. The molecule has 4 rings (SSSR count). The molecule has 7 nitrogen and oxygen atoms in total. The molecule has 3 aromatic carbocycles. The van der Waals surface area contributed by atoms with Crippen LogP contribution in [0.5, 0.6) is 0 Å². The lowest BCUT2D eigenvalue weighted by Crippen LogP contribution is -2.42. The number of methoxy groups -OCH3 is 1. The van der Waals surface area contributed by atoms with Crippen molar-refractivity contribution in [1.29, 1.82) is 0 Å². The zero-order chi connectivity index (χ0) is 23.4. The molecule has 0 radical (unpaired) electrons. The first kappa shape index (κ1) is 22.1. The number of carboxylic acid groups (broad SMARTS) is 1. The molecule has 168 valence electrons. The molecule has 0 bridgehead atoms. The first-order chi connectivity index (χ1) is 16.0. The van der Waals surface area contributed by atoms with Gasteiger partial charge in [-0.15, -0.1) is 0 Å². The minimum Gasteiger partial charge on any atom is -0.480 e. The maximum absolute atomic E-state index is 12.5. The summed E-state index contributed by atoms with van der Waals surface area (Å²) in [7, 11) is 1.27. The molecule has 0 heterocycles. The molecule has 0 aliphatic heterocycles. The number of rotatable bonds is 7. The fraction of sp³-hybridized carbons (Fsp3) is 0.192. The minimum absolute atomic E-state index is 0.00956. The maximum atomic E-state index is 12.5. The van der Waals surface area contributed by atoms with Gasteiger partial charge in [-0.05, 0) is 39.9 Å². The third kappa shape index (κ3) is 4.72. The minimum atomic E-state index is -1.21. The fourth-order valence-corrected chi connectivity index (χ4v) is 4.16. The molecule has 7 heteroatoms. The van der Waals surface area contributed by atoms with Gasteiger partial charge in [0.1, 0.15) is 12.6 Å². The van der Waals surface area contributed by atoms with E-state index in [0.717, 1.165) is 22.3 Å². The van der Waals surface area contributed by atoms with Crippen molar-refractivity contribution >= 4 is 18.0 Å². The Balaban J connectivity index is 1.42. The number of aliphatic carboxylic acids is 1. The van der Waals surface area contributed by atoms with Crippen LogP contribution in [0.2, 0.25) is 0 Å². The highest BCUT2D eigenvalue weighted by molar-refractivity contribution is 5.89. The first-order valence-electron chi connectivity index (χ1n) is 10.5. The van der Waals surface area contributed by atoms with E-state index < -0.39 is 24.1 Å². The summed E-state index contributed by atoms with van der Waals surface area (Å²) in [6.45, 7) is 0.0873. The van der Waals surface area contributed by atoms with Crippen LogP contribution >= 0.6 is 0 Å². The fourth-order valence-electron chi connectivity index (χ4n) is 4.16. The predicted octanol–water partition coefficient (Wildman–Crippen LogP) is 4.01. The Bertz CT molecular complexity index is 1160. The van der Waals surface area contributed by atoms with Gasteiger partial charge >= 0.3 is 18.0 Å². The van der Waals surface area contributed by atoms with Crippen LogP contribution in [-0.2, 0) is 20.7 Å². The van der Waals surface area contributed by atoms with Gasteiger partial charge in [0.15, 0.2) is 0 Å². The molecule has 0 spiro atoms. The van der Waals surface area contributed by atoms with Gasteiger partial charge in [0.05, 0.1) is 12.7 Å². The van der Waals surface area contributed by atoms with Gasteiger partial charge in [0.2, 0.25) is 0 Å². The number of hydrogen-bond donors (Lipinski definition) is 2. The van der Waals surface area contributed by atoms with Gasteiger partial charge in [-0.1, -0.05) is 60.7 Å². The molecular weight excluding hydrogens is 422 g/mol. The first-order valence-corrected chi connectivity index (χ1v) is 10.5. The number of carbonyl (C=O) groups is 3. The van der Waals surface area contributed by atoms with Crippen molar-refractivity contribution in [2.45, 2.75) is 18.4 Å².